The summed E-state index contributed by atoms with van der Waals surface area (Å²) in [7, 11) is -5.89. The fourth-order valence-corrected chi connectivity index (χ4v) is 7.87. The zero-order chi connectivity index (χ0) is 14.8. The van der Waals surface area contributed by atoms with Gasteiger partial charge in [0.2, 0.25) is 12.2 Å². The molecule has 0 saturated carbocycles. The van der Waals surface area contributed by atoms with E-state index in [1.54, 1.807) is 13.1 Å². The van der Waals surface area contributed by atoms with Crippen LogP contribution < -0.4 is 0 Å². The molecule has 0 spiro atoms. The molecule has 0 aromatic rings. The van der Waals surface area contributed by atoms with Crippen molar-refractivity contribution in [1.29, 1.82) is 0 Å². The molecular weight excluding hydrogens is 284 g/mol. The van der Waals surface area contributed by atoms with Crippen LogP contribution >= 0.6 is 0 Å². The molecule has 0 amide bonds. The smallest absolute Gasteiger partial charge is 0.323 e. The van der Waals surface area contributed by atoms with Crippen LogP contribution in [0, 0.1) is 0 Å². The van der Waals surface area contributed by atoms with Crippen molar-refractivity contribution in [3.05, 3.63) is 0 Å². The Labute approximate surface area is 114 Å². The van der Waals surface area contributed by atoms with Crippen molar-refractivity contribution in [3.8, 4) is 0 Å². The first kappa shape index (κ1) is 18.1. The van der Waals surface area contributed by atoms with Gasteiger partial charge in [0.15, 0.2) is 0 Å². The van der Waals surface area contributed by atoms with Gasteiger partial charge in [0.1, 0.15) is 0 Å². The summed E-state index contributed by atoms with van der Waals surface area (Å²) in [6, 6.07) is 0.793. The Balaban J connectivity index is 4.12. The lowest BCUT2D eigenvalue weighted by atomic mass is 10.5. The average Bonchev–Trinajstić information content (AvgIpc) is 2.29. The van der Waals surface area contributed by atoms with Crippen molar-refractivity contribution in [2.45, 2.75) is 38.0 Å². The van der Waals surface area contributed by atoms with Crippen molar-refractivity contribution in [2.24, 2.45) is 9.98 Å². The number of hydrogen-bond acceptors (Lipinski definition) is 7. The molecular formula is C10H20N2O5Si2. The molecule has 0 fully saturated rings. The van der Waals surface area contributed by atoms with Crippen molar-refractivity contribution >= 4 is 29.3 Å². The molecule has 2 atom stereocenters. The highest BCUT2D eigenvalue weighted by atomic mass is 28.5. The van der Waals surface area contributed by atoms with Crippen molar-refractivity contribution in [3.63, 3.8) is 0 Å². The van der Waals surface area contributed by atoms with E-state index >= 15 is 0 Å². The summed E-state index contributed by atoms with van der Waals surface area (Å²) in [5, 5.41) is 0. The maximum absolute atomic E-state index is 10.1. The lowest BCUT2D eigenvalue weighted by molar-refractivity contribution is 0.305. The monoisotopic (exact) mass is 304 g/mol. The average molecular weight is 304 g/mol. The van der Waals surface area contributed by atoms with Crippen LogP contribution in [-0.2, 0) is 13.7 Å². The third kappa shape index (κ3) is 10.7. The maximum Gasteiger partial charge on any atom is 0.323 e. The van der Waals surface area contributed by atoms with Gasteiger partial charge in [-0.2, -0.15) is 0 Å². The molecule has 0 radical (unpaired) electrons. The van der Waals surface area contributed by atoms with Crippen LogP contribution in [-0.4, -0.2) is 52.0 Å². The third-order valence-corrected chi connectivity index (χ3v) is 8.47. The number of rotatable bonds is 10. The van der Waals surface area contributed by atoms with Crippen LogP contribution in [0.3, 0.4) is 0 Å². The fraction of sp³-hybridized carbons (Fsp3) is 0.800. The molecule has 0 aromatic heterocycles. The first-order chi connectivity index (χ1) is 8.83. The highest BCUT2D eigenvalue weighted by molar-refractivity contribution is 6.78. The minimum Gasteiger partial charge on any atom is -0.415 e. The molecule has 0 bridgehead atoms. The SMILES string of the molecule is C[Si](O)(CCCN=C=O)O[Si](C)(O)CCCN=C=O. The van der Waals surface area contributed by atoms with E-state index in [2.05, 4.69) is 9.98 Å². The van der Waals surface area contributed by atoms with E-state index in [0.717, 1.165) is 0 Å². The molecule has 0 aliphatic carbocycles. The normalized spacial score (nSPS) is 16.6. The molecule has 0 heterocycles. The molecule has 0 aromatic carbocycles. The number of isocyanates is 2. The van der Waals surface area contributed by atoms with Crippen LogP contribution in [0.25, 0.3) is 0 Å². The van der Waals surface area contributed by atoms with E-state index in [-0.39, 0.29) is 0 Å². The first-order valence-corrected chi connectivity index (χ1v) is 11.2. The summed E-state index contributed by atoms with van der Waals surface area (Å²) in [5.41, 5.74) is 0. The van der Waals surface area contributed by atoms with Gasteiger partial charge in [0.25, 0.3) is 0 Å². The molecule has 2 unspecified atom stereocenters. The second-order valence-corrected chi connectivity index (χ2v) is 11.1. The Morgan fingerprint density at radius 3 is 1.63 bits per heavy atom. The van der Waals surface area contributed by atoms with Gasteiger partial charge < -0.3 is 13.7 Å². The van der Waals surface area contributed by atoms with Crippen molar-refractivity contribution in [1.82, 2.24) is 0 Å². The topological polar surface area (TPSA) is 109 Å². The Morgan fingerprint density at radius 2 is 1.32 bits per heavy atom. The number of nitrogens with zero attached hydrogens (tertiary/aromatic N) is 2. The Morgan fingerprint density at radius 1 is 0.947 bits per heavy atom. The van der Waals surface area contributed by atoms with Crippen molar-refractivity contribution < 1.29 is 23.3 Å². The molecule has 7 nitrogen and oxygen atoms in total. The number of carbonyl (C=O) groups excluding carboxylic acids is 2. The standard InChI is InChI=1S/C10H20N2O5Si2/c1-18(15,7-3-5-11-9-13)17-19(2,16)8-4-6-12-10-14/h15-16H,3-8H2,1-2H3. The summed E-state index contributed by atoms with van der Waals surface area (Å²) in [6.07, 6.45) is 3.90. The molecule has 2 N–H and O–H groups in total. The van der Waals surface area contributed by atoms with E-state index in [9.17, 15) is 19.2 Å². The van der Waals surface area contributed by atoms with Crippen LogP contribution in [0.2, 0.25) is 25.2 Å². The fourth-order valence-electron chi connectivity index (χ4n) is 1.64. The van der Waals surface area contributed by atoms with Gasteiger partial charge >= 0.3 is 17.1 Å². The van der Waals surface area contributed by atoms with E-state index in [4.69, 9.17) is 4.12 Å². The molecule has 0 saturated heterocycles. The van der Waals surface area contributed by atoms with Gasteiger partial charge in [0.05, 0.1) is 13.1 Å². The van der Waals surface area contributed by atoms with Gasteiger partial charge in [-0.3, -0.25) is 0 Å². The Kier molecular flexibility index (Phi) is 8.61. The Bertz CT molecular complexity index is 329. The van der Waals surface area contributed by atoms with E-state index in [1.165, 1.54) is 12.2 Å². The van der Waals surface area contributed by atoms with Gasteiger partial charge in [-0.05, 0) is 38.0 Å². The second kappa shape index (κ2) is 9.05. The van der Waals surface area contributed by atoms with Gasteiger partial charge in [-0.25, -0.2) is 19.6 Å². The summed E-state index contributed by atoms with van der Waals surface area (Å²) >= 11 is 0. The number of hydrogen-bond donors (Lipinski definition) is 2. The minimum absolute atomic E-state index is 0.299. The Hall–Kier alpha value is -0.926. The molecule has 0 aliphatic rings. The van der Waals surface area contributed by atoms with E-state index in [0.29, 0.717) is 38.0 Å². The van der Waals surface area contributed by atoms with Crippen LogP contribution in [0.1, 0.15) is 12.8 Å². The molecule has 19 heavy (non-hydrogen) atoms. The van der Waals surface area contributed by atoms with E-state index < -0.39 is 17.1 Å². The summed E-state index contributed by atoms with van der Waals surface area (Å²) in [5.74, 6) is 0. The minimum atomic E-state index is -2.94. The molecule has 108 valence electrons. The predicted octanol–water partition coefficient (Wildman–Crippen LogP) is 0.583. The van der Waals surface area contributed by atoms with Gasteiger partial charge in [-0.1, -0.05) is 0 Å². The maximum atomic E-state index is 10.1. The van der Waals surface area contributed by atoms with Crippen LogP contribution in [0.5, 0.6) is 0 Å². The predicted molar refractivity (Wildman–Crippen MR) is 73.6 cm³/mol. The lowest BCUT2D eigenvalue weighted by Gasteiger charge is -2.29. The summed E-state index contributed by atoms with van der Waals surface area (Å²) in [6.45, 7) is 3.80. The summed E-state index contributed by atoms with van der Waals surface area (Å²) in [4.78, 5) is 46.8. The lowest BCUT2D eigenvalue weighted by Crippen LogP contribution is -2.48. The largest absolute Gasteiger partial charge is 0.415 e. The van der Waals surface area contributed by atoms with Gasteiger partial charge in [-0.15, -0.1) is 0 Å². The highest BCUT2D eigenvalue weighted by Crippen LogP contribution is 2.20. The molecule has 0 rings (SSSR count). The summed E-state index contributed by atoms with van der Waals surface area (Å²) < 4.78 is 5.49. The van der Waals surface area contributed by atoms with Crippen LogP contribution in [0.15, 0.2) is 9.98 Å². The highest BCUT2D eigenvalue weighted by Gasteiger charge is 2.37. The van der Waals surface area contributed by atoms with E-state index in [1.807, 2.05) is 0 Å². The van der Waals surface area contributed by atoms with Gasteiger partial charge in [0, 0.05) is 0 Å². The number of aliphatic imine (C=N–C) groups is 2. The zero-order valence-electron chi connectivity index (χ0n) is 11.3. The van der Waals surface area contributed by atoms with Crippen molar-refractivity contribution in [2.75, 3.05) is 13.1 Å². The third-order valence-electron chi connectivity index (χ3n) is 2.39. The second-order valence-electron chi connectivity index (χ2n) is 4.61. The first-order valence-electron chi connectivity index (χ1n) is 6.05. The zero-order valence-corrected chi connectivity index (χ0v) is 13.3. The molecule has 0 aliphatic heterocycles. The molecule has 9 heteroatoms. The quantitative estimate of drug-likeness (QED) is 0.266. The van der Waals surface area contributed by atoms with Crippen LogP contribution in [0.4, 0.5) is 0 Å².